The van der Waals surface area contributed by atoms with Crippen LogP contribution in [-0.2, 0) is 11.2 Å². The zero-order valence-corrected chi connectivity index (χ0v) is 13.4. The van der Waals surface area contributed by atoms with Crippen LogP contribution in [-0.4, -0.2) is 5.91 Å². The second-order valence-corrected chi connectivity index (χ2v) is 5.52. The maximum absolute atomic E-state index is 13.7. The van der Waals surface area contributed by atoms with Gasteiger partial charge in [0.1, 0.15) is 17.3 Å². The third-order valence-electron chi connectivity index (χ3n) is 3.71. The Morgan fingerprint density at radius 2 is 1.65 bits per heavy atom. The van der Waals surface area contributed by atoms with Crippen LogP contribution in [0.3, 0.4) is 0 Å². The molecule has 0 aliphatic carbocycles. The summed E-state index contributed by atoms with van der Waals surface area (Å²) in [5.74, 6) is -4.72. The van der Waals surface area contributed by atoms with Crippen molar-refractivity contribution in [2.75, 3.05) is 5.32 Å². The van der Waals surface area contributed by atoms with Gasteiger partial charge in [0.25, 0.3) is 0 Å². The van der Waals surface area contributed by atoms with Gasteiger partial charge in [-0.15, -0.1) is 0 Å². The molecule has 0 spiro atoms. The normalized spacial score (nSPS) is 10.8. The van der Waals surface area contributed by atoms with E-state index in [4.69, 9.17) is 4.42 Å². The van der Waals surface area contributed by atoms with Crippen LogP contribution in [0.1, 0.15) is 12.2 Å². The van der Waals surface area contributed by atoms with Gasteiger partial charge in [0.15, 0.2) is 17.5 Å². The molecule has 7 heteroatoms. The van der Waals surface area contributed by atoms with Crippen molar-refractivity contribution < 1.29 is 26.8 Å². The first kappa shape index (κ1) is 17.7. The number of hydrogen-bond acceptors (Lipinski definition) is 2. The second-order valence-electron chi connectivity index (χ2n) is 5.52. The molecular weight excluding hydrogens is 350 g/mol. The van der Waals surface area contributed by atoms with Crippen LogP contribution in [0.4, 0.5) is 23.2 Å². The Labute approximate surface area is 146 Å². The average molecular weight is 363 g/mol. The van der Waals surface area contributed by atoms with E-state index in [9.17, 15) is 22.4 Å². The molecule has 3 nitrogen and oxygen atoms in total. The lowest BCUT2D eigenvalue weighted by Crippen LogP contribution is -2.14. The molecule has 0 radical (unpaired) electrons. The molecule has 0 fully saturated rings. The minimum absolute atomic E-state index is 0.0807. The SMILES string of the molecule is O=C(CCc1ccc(-c2ccccc2F)o1)Nc1ccc(F)c(F)c1F. The van der Waals surface area contributed by atoms with Crippen LogP contribution in [0.5, 0.6) is 0 Å². The molecule has 1 amide bonds. The molecule has 0 unspecified atom stereocenters. The smallest absolute Gasteiger partial charge is 0.224 e. The highest BCUT2D eigenvalue weighted by molar-refractivity contribution is 5.90. The van der Waals surface area contributed by atoms with E-state index in [0.717, 1.165) is 12.1 Å². The summed E-state index contributed by atoms with van der Waals surface area (Å²) in [6.07, 6.45) is 0.0915. The van der Waals surface area contributed by atoms with Crippen LogP contribution in [0, 0.1) is 23.3 Å². The molecule has 0 aliphatic heterocycles. The summed E-state index contributed by atoms with van der Waals surface area (Å²) in [5.41, 5.74) is -0.146. The Morgan fingerprint density at radius 3 is 2.42 bits per heavy atom. The van der Waals surface area contributed by atoms with Crippen molar-refractivity contribution in [2.45, 2.75) is 12.8 Å². The van der Waals surface area contributed by atoms with Crippen LogP contribution in [0.15, 0.2) is 52.9 Å². The van der Waals surface area contributed by atoms with Gasteiger partial charge < -0.3 is 9.73 Å². The van der Waals surface area contributed by atoms with Crippen LogP contribution >= 0.6 is 0 Å². The lowest BCUT2D eigenvalue weighted by Gasteiger charge is -2.06. The fourth-order valence-corrected chi connectivity index (χ4v) is 2.39. The number of aryl methyl sites for hydroxylation is 1. The summed E-state index contributed by atoms with van der Waals surface area (Å²) in [7, 11) is 0. The minimum Gasteiger partial charge on any atom is -0.461 e. The fourth-order valence-electron chi connectivity index (χ4n) is 2.39. The summed E-state index contributed by atoms with van der Waals surface area (Å²) >= 11 is 0. The van der Waals surface area contributed by atoms with Gasteiger partial charge >= 0.3 is 0 Å². The molecule has 0 aliphatic rings. The zero-order valence-electron chi connectivity index (χ0n) is 13.4. The highest BCUT2D eigenvalue weighted by Gasteiger charge is 2.16. The maximum atomic E-state index is 13.7. The first-order valence-corrected chi connectivity index (χ1v) is 7.72. The monoisotopic (exact) mass is 363 g/mol. The molecule has 0 bridgehead atoms. The number of hydrogen-bond donors (Lipinski definition) is 1. The van der Waals surface area contributed by atoms with Crippen LogP contribution < -0.4 is 5.32 Å². The molecule has 2 aromatic carbocycles. The second kappa shape index (κ2) is 7.43. The lowest BCUT2D eigenvalue weighted by atomic mass is 10.1. The van der Waals surface area contributed by atoms with Gasteiger partial charge in [0, 0.05) is 12.8 Å². The molecule has 3 rings (SSSR count). The van der Waals surface area contributed by atoms with Gasteiger partial charge in [-0.3, -0.25) is 4.79 Å². The van der Waals surface area contributed by atoms with Crippen molar-refractivity contribution in [3.8, 4) is 11.3 Å². The Kier molecular flexibility index (Phi) is 5.06. The van der Waals surface area contributed by atoms with Crippen molar-refractivity contribution >= 4 is 11.6 Å². The largest absolute Gasteiger partial charge is 0.461 e. The van der Waals surface area contributed by atoms with Gasteiger partial charge in [-0.1, -0.05) is 12.1 Å². The van der Waals surface area contributed by atoms with E-state index in [1.807, 2.05) is 0 Å². The molecule has 0 atom stereocenters. The van der Waals surface area contributed by atoms with Crippen LogP contribution in [0.2, 0.25) is 0 Å². The summed E-state index contributed by atoms with van der Waals surface area (Å²) in [4.78, 5) is 11.9. The van der Waals surface area contributed by atoms with Gasteiger partial charge in [-0.2, -0.15) is 0 Å². The van der Waals surface area contributed by atoms with E-state index < -0.39 is 34.9 Å². The topological polar surface area (TPSA) is 42.2 Å². The van der Waals surface area contributed by atoms with Crippen molar-refractivity contribution in [3.05, 3.63) is 77.6 Å². The highest BCUT2D eigenvalue weighted by Crippen LogP contribution is 2.25. The molecule has 1 heterocycles. The molecule has 26 heavy (non-hydrogen) atoms. The van der Waals surface area contributed by atoms with E-state index >= 15 is 0 Å². The molecule has 0 saturated heterocycles. The third kappa shape index (κ3) is 3.77. The zero-order chi connectivity index (χ0) is 18.7. The summed E-state index contributed by atoms with van der Waals surface area (Å²) < 4.78 is 58.8. The number of furan rings is 1. The maximum Gasteiger partial charge on any atom is 0.224 e. The standard InChI is InChI=1S/C19H13F4NO2/c20-13-4-2-1-3-12(13)16-9-5-11(26-16)6-10-17(25)24-15-8-7-14(21)18(22)19(15)23/h1-5,7-9H,6,10H2,(H,24,25). The lowest BCUT2D eigenvalue weighted by molar-refractivity contribution is -0.116. The van der Waals surface area contributed by atoms with Crippen molar-refractivity contribution in [1.82, 2.24) is 0 Å². The number of anilines is 1. The number of nitrogens with one attached hydrogen (secondary N) is 1. The molecule has 1 N–H and O–H groups in total. The average Bonchev–Trinajstić information content (AvgIpc) is 3.10. The van der Waals surface area contributed by atoms with Gasteiger partial charge in [0.05, 0.1) is 11.3 Å². The van der Waals surface area contributed by atoms with Crippen molar-refractivity contribution in [1.29, 1.82) is 0 Å². The fraction of sp³-hybridized carbons (Fsp3) is 0.105. The van der Waals surface area contributed by atoms with E-state index in [1.54, 1.807) is 30.3 Å². The molecule has 134 valence electrons. The Bertz CT molecular complexity index is 952. The quantitative estimate of drug-likeness (QED) is 0.508. The molecule has 1 aromatic heterocycles. The highest BCUT2D eigenvalue weighted by atomic mass is 19.2. The Morgan fingerprint density at radius 1 is 0.885 bits per heavy atom. The van der Waals surface area contributed by atoms with Crippen LogP contribution in [0.25, 0.3) is 11.3 Å². The predicted molar refractivity (Wildman–Crippen MR) is 87.4 cm³/mol. The first-order valence-electron chi connectivity index (χ1n) is 7.72. The minimum atomic E-state index is -1.65. The third-order valence-corrected chi connectivity index (χ3v) is 3.71. The predicted octanol–water partition coefficient (Wildman–Crippen LogP) is 5.07. The Balaban J connectivity index is 1.62. The van der Waals surface area contributed by atoms with E-state index in [1.165, 1.54) is 6.07 Å². The summed E-state index contributed by atoms with van der Waals surface area (Å²) in [6.45, 7) is 0. The molecule has 0 saturated carbocycles. The number of benzene rings is 2. The van der Waals surface area contributed by atoms with E-state index in [-0.39, 0.29) is 12.8 Å². The van der Waals surface area contributed by atoms with E-state index in [2.05, 4.69) is 5.32 Å². The summed E-state index contributed by atoms with van der Waals surface area (Å²) in [6, 6.07) is 11.0. The Hall–Kier alpha value is -3.09. The van der Waals surface area contributed by atoms with Gasteiger partial charge in [-0.25, -0.2) is 17.6 Å². The molecular formula is C19H13F4NO2. The number of carbonyl (C=O) groups excluding carboxylic acids is 1. The summed E-state index contributed by atoms with van der Waals surface area (Å²) in [5, 5.41) is 2.17. The van der Waals surface area contributed by atoms with Gasteiger partial charge in [0.2, 0.25) is 5.91 Å². The van der Waals surface area contributed by atoms with Crippen molar-refractivity contribution in [3.63, 3.8) is 0 Å². The van der Waals surface area contributed by atoms with Gasteiger partial charge in [-0.05, 0) is 36.4 Å². The van der Waals surface area contributed by atoms with E-state index in [0.29, 0.717) is 17.1 Å². The number of halogens is 4. The molecule has 3 aromatic rings. The first-order chi connectivity index (χ1) is 12.5. The number of carbonyl (C=O) groups is 1. The number of amides is 1. The number of rotatable bonds is 5. The van der Waals surface area contributed by atoms with Crippen molar-refractivity contribution in [2.24, 2.45) is 0 Å².